The van der Waals surface area contributed by atoms with Gasteiger partial charge in [-0.15, -0.1) is 0 Å². The minimum Gasteiger partial charge on any atom is -0.477 e. The Labute approximate surface area is 114 Å². The fourth-order valence-corrected chi connectivity index (χ4v) is 2.44. The van der Waals surface area contributed by atoms with Crippen LogP contribution in [0.2, 0.25) is 0 Å². The van der Waals surface area contributed by atoms with Crippen molar-refractivity contribution in [1.82, 2.24) is 4.57 Å². The van der Waals surface area contributed by atoms with E-state index in [9.17, 15) is 9.90 Å². The Balaban J connectivity index is 2.58. The Morgan fingerprint density at radius 3 is 2.78 bits per heavy atom. The highest BCUT2D eigenvalue weighted by Crippen LogP contribution is 2.23. The molecule has 2 rings (SSSR count). The van der Waals surface area contributed by atoms with Crippen molar-refractivity contribution in [3.8, 4) is 5.69 Å². The summed E-state index contributed by atoms with van der Waals surface area (Å²) < 4.78 is 2.49. The number of aromatic carboxylic acids is 1. The van der Waals surface area contributed by atoms with Gasteiger partial charge >= 0.3 is 5.97 Å². The standard InChI is InChI=1S/C14H14BrNO2/c1-2-5-10-6-3-4-7-12(10)16-9-11(15)8-13(16)14(17)18/h3-4,6-9H,2,5H2,1H3,(H,17,18). The van der Waals surface area contributed by atoms with Crippen molar-refractivity contribution in [3.05, 3.63) is 52.3 Å². The summed E-state index contributed by atoms with van der Waals surface area (Å²) in [6, 6.07) is 9.51. The van der Waals surface area contributed by atoms with E-state index >= 15 is 0 Å². The Hall–Kier alpha value is -1.55. The third-order valence-corrected chi connectivity index (χ3v) is 3.21. The molecule has 0 aliphatic heterocycles. The highest BCUT2D eigenvalue weighted by molar-refractivity contribution is 9.10. The number of hydrogen-bond acceptors (Lipinski definition) is 1. The molecule has 0 bridgehead atoms. The van der Waals surface area contributed by atoms with Gasteiger partial charge in [0.2, 0.25) is 0 Å². The first-order valence-corrected chi connectivity index (χ1v) is 6.62. The van der Waals surface area contributed by atoms with Crippen LogP contribution >= 0.6 is 15.9 Å². The van der Waals surface area contributed by atoms with Crippen molar-refractivity contribution in [2.24, 2.45) is 0 Å². The molecule has 0 spiro atoms. The van der Waals surface area contributed by atoms with Gasteiger partial charge in [0.05, 0.1) is 0 Å². The van der Waals surface area contributed by atoms with Crippen molar-refractivity contribution in [2.75, 3.05) is 0 Å². The first-order valence-electron chi connectivity index (χ1n) is 5.83. The molecular weight excluding hydrogens is 294 g/mol. The lowest BCUT2D eigenvalue weighted by Gasteiger charge is -2.11. The Bertz CT molecular complexity index is 575. The summed E-state index contributed by atoms with van der Waals surface area (Å²) in [5.74, 6) is -0.924. The lowest BCUT2D eigenvalue weighted by molar-refractivity contribution is 0.0688. The molecule has 2 aromatic rings. The maximum absolute atomic E-state index is 11.2. The van der Waals surface area contributed by atoms with Crippen molar-refractivity contribution >= 4 is 21.9 Å². The van der Waals surface area contributed by atoms with Gasteiger partial charge in [-0.2, -0.15) is 0 Å². The van der Waals surface area contributed by atoms with Crippen LogP contribution in [0, 0.1) is 0 Å². The minimum absolute atomic E-state index is 0.269. The molecule has 0 unspecified atom stereocenters. The molecule has 1 aromatic heterocycles. The normalized spacial score (nSPS) is 10.6. The molecule has 1 heterocycles. The van der Waals surface area contributed by atoms with Crippen LogP contribution < -0.4 is 0 Å². The maximum atomic E-state index is 11.2. The van der Waals surface area contributed by atoms with Crippen molar-refractivity contribution in [2.45, 2.75) is 19.8 Å². The van der Waals surface area contributed by atoms with Gasteiger partial charge in [0.25, 0.3) is 0 Å². The third-order valence-electron chi connectivity index (χ3n) is 2.78. The molecule has 4 heteroatoms. The molecule has 0 amide bonds. The predicted octanol–water partition coefficient (Wildman–Crippen LogP) is 3.89. The minimum atomic E-state index is -0.924. The molecule has 94 valence electrons. The monoisotopic (exact) mass is 307 g/mol. The second-order valence-electron chi connectivity index (χ2n) is 4.10. The van der Waals surface area contributed by atoms with Crippen molar-refractivity contribution in [1.29, 1.82) is 0 Å². The van der Waals surface area contributed by atoms with Crippen LogP contribution in [0.3, 0.4) is 0 Å². The van der Waals surface area contributed by atoms with Crippen LogP contribution in [-0.2, 0) is 6.42 Å². The number of para-hydroxylation sites is 1. The SMILES string of the molecule is CCCc1ccccc1-n1cc(Br)cc1C(=O)O. The average molecular weight is 308 g/mol. The van der Waals surface area contributed by atoms with E-state index in [1.54, 1.807) is 16.8 Å². The quantitative estimate of drug-likeness (QED) is 0.931. The van der Waals surface area contributed by atoms with Crippen molar-refractivity contribution < 1.29 is 9.90 Å². The van der Waals surface area contributed by atoms with Gasteiger partial charge in [0.15, 0.2) is 0 Å². The average Bonchev–Trinajstić information content (AvgIpc) is 2.72. The molecular formula is C14H14BrNO2. The zero-order chi connectivity index (χ0) is 13.1. The summed E-state index contributed by atoms with van der Waals surface area (Å²) in [6.45, 7) is 2.11. The first kappa shape index (κ1) is 12.9. The number of benzene rings is 1. The van der Waals surface area contributed by atoms with E-state index in [1.807, 2.05) is 24.3 Å². The zero-order valence-corrected chi connectivity index (χ0v) is 11.6. The summed E-state index contributed by atoms with van der Waals surface area (Å²) >= 11 is 3.33. The molecule has 1 aromatic carbocycles. The largest absolute Gasteiger partial charge is 0.477 e. The van der Waals surface area contributed by atoms with Gasteiger partial charge < -0.3 is 9.67 Å². The molecule has 0 fully saturated rings. The second kappa shape index (κ2) is 5.40. The van der Waals surface area contributed by atoms with Crippen LogP contribution in [0.4, 0.5) is 0 Å². The highest BCUT2D eigenvalue weighted by atomic mass is 79.9. The van der Waals surface area contributed by atoms with E-state index < -0.39 is 5.97 Å². The number of carboxylic acid groups (broad SMARTS) is 1. The maximum Gasteiger partial charge on any atom is 0.352 e. The fraction of sp³-hybridized carbons (Fsp3) is 0.214. The van der Waals surface area contributed by atoms with Gasteiger partial charge in [-0.1, -0.05) is 31.5 Å². The number of carbonyl (C=O) groups is 1. The number of halogens is 1. The Kier molecular flexibility index (Phi) is 3.87. The van der Waals surface area contributed by atoms with Crippen LogP contribution in [0.25, 0.3) is 5.69 Å². The van der Waals surface area contributed by atoms with Crippen LogP contribution in [0.1, 0.15) is 29.4 Å². The molecule has 0 atom stereocenters. The van der Waals surface area contributed by atoms with Gasteiger partial charge in [-0.05, 0) is 40.0 Å². The molecule has 0 radical (unpaired) electrons. The van der Waals surface area contributed by atoms with E-state index in [1.165, 1.54) is 0 Å². The molecule has 18 heavy (non-hydrogen) atoms. The van der Waals surface area contributed by atoms with E-state index in [4.69, 9.17) is 0 Å². The highest BCUT2D eigenvalue weighted by Gasteiger charge is 2.14. The number of hydrogen-bond donors (Lipinski definition) is 1. The smallest absolute Gasteiger partial charge is 0.352 e. The third kappa shape index (κ3) is 2.48. The summed E-state index contributed by atoms with van der Waals surface area (Å²) in [6.07, 6.45) is 3.75. The lowest BCUT2D eigenvalue weighted by Crippen LogP contribution is -2.07. The number of aryl methyl sites for hydroxylation is 1. The molecule has 0 aliphatic carbocycles. The number of aromatic nitrogens is 1. The molecule has 0 aliphatic rings. The topological polar surface area (TPSA) is 42.2 Å². The van der Waals surface area contributed by atoms with Gasteiger partial charge in [0, 0.05) is 16.4 Å². The lowest BCUT2D eigenvalue weighted by atomic mass is 10.1. The summed E-state index contributed by atoms with van der Waals surface area (Å²) in [4.78, 5) is 11.2. The number of nitrogens with zero attached hydrogens (tertiary/aromatic N) is 1. The van der Waals surface area contributed by atoms with Crippen molar-refractivity contribution in [3.63, 3.8) is 0 Å². The predicted molar refractivity (Wildman–Crippen MR) is 74.4 cm³/mol. The summed E-state index contributed by atoms with van der Waals surface area (Å²) in [5, 5.41) is 9.22. The van der Waals surface area contributed by atoms with E-state index in [2.05, 4.69) is 22.9 Å². The first-order chi connectivity index (χ1) is 8.63. The molecule has 1 N–H and O–H groups in total. The Morgan fingerprint density at radius 2 is 2.11 bits per heavy atom. The Morgan fingerprint density at radius 1 is 1.39 bits per heavy atom. The van der Waals surface area contributed by atoms with Gasteiger partial charge in [0.1, 0.15) is 5.69 Å². The number of carboxylic acids is 1. The van der Waals surface area contributed by atoms with Crippen LogP contribution in [0.5, 0.6) is 0 Å². The fourth-order valence-electron chi connectivity index (χ4n) is 2.02. The van der Waals surface area contributed by atoms with Crippen LogP contribution in [-0.4, -0.2) is 15.6 Å². The summed E-state index contributed by atoms with van der Waals surface area (Å²) in [5.41, 5.74) is 2.36. The van der Waals surface area contributed by atoms with E-state index in [-0.39, 0.29) is 5.69 Å². The van der Waals surface area contributed by atoms with Crippen LogP contribution in [0.15, 0.2) is 41.0 Å². The molecule has 0 saturated carbocycles. The van der Waals surface area contributed by atoms with E-state index in [0.29, 0.717) is 0 Å². The molecule has 0 saturated heterocycles. The van der Waals surface area contributed by atoms with Gasteiger partial charge in [-0.25, -0.2) is 4.79 Å². The molecule has 3 nitrogen and oxygen atoms in total. The van der Waals surface area contributed by atoms with Gasteiger partial charge in [-0.3, -0.25) is 0 Å². The van der Waals surface area contributed by atoms with E-state index in [0.717, 1.165) is 28.6 Å². The second-order valence-corrected chi connectivity index (χ2v) is 5.01. The number of rotatable bonds is 4. The zero-order valence-electron chi connectivity index (χ0n) is 10.1. The summed E-state index contributed by atoms with van der Waals surface area (Å²) in [7, 11) is 0.